The number of ether oxygens (including phenoxy) is 1. The number of Topliss-reactive ketones (excluding diaryl/α,β-unsaturated/α-hetero) is 1. The molecule has 1 saturated heterocycles. The monoisotopic (exact) mass is 309 g/mol. The molecule has 0 aromatic rings. The van der Waals surface area contributed by atoms with E-state index in [2.05, 4.69) is 0 Å². The molecule has 1 fully saturated rings. The Labute approximate surface area is 131 Å². The summed E-state index contributed by atoms with van der Waals surface area (Å²) in [5.41, 5.74) is -0.585. The second-order valence-corrected chi connectivity index (χ2v) is 6.94. The Kier molecular flexibility index (Phi) is 5.04. The number of nitrogens with zero attached hydrogens (tertiary/aromatic N) is 1. The van der Waals surface area contributed by atoms with Crippen LogP contribution in [0.2, 0.25) is 0 Å². The van der Waals surface area contributed by atoms with Crippen molar-refractivity contribution in [2.45, 2.75) is 58.1 Å². The Balaban J connectivity index is 2.05. The lowest BCUT2D eigenvalue weighted by atomic mass is 9.88. The van der Waals surface area contributed by atoms with Crippen molar-refractivity contribution in [1.29, 1.82) is 0 Å². The predicted octanol–water partition coefficient (Wildman–Crippen LogP) is 3.77. The number of allylic oxidation sites excluding steroid dienone is 4. The van der Waals surface area contributed by atoms with E-state index in [1.807, 2.05) is 20.8 Å². The first-order chi connectivity index (χ1) is 10.3. The average molecular weight is 309 g/mol. The number of likely N-dealkylation sites (tertiary alicyclic amines) is 1. The standard InChI is InChI=1S/C17H24FNO3/c1-17(2,3)22-16(21)19-10-4-5-15(20)14(19)11-12-6-8-13(18)9-7-12/h6,8-9,12,14H,4-5,7,10-11H2,1-3H3/t12-,14?/m1/s1. The fourth-order valence-corrected chi connectivity index (χ4v) is 2.82. The summed E-state index contributed by atoms with van der Waals surface area (Å²) in [4.78, 5) is 26.1. The number of piperidine rings is 1. The Hall–Kier alpha value is -1.65. The molecule has 0 aromatic carbocycles. The molecule has 2 aliphatic rings. The SMILES string of the molecule is CC(C)(C)OC(=O)N1CCCC(=O)C1C[C@@H]1C=CC(F)=CC1. The van der Waals surface area contributed by atoms with Gasteiger partial charge in [0.25, 0.3) is 0 Å². The van der Waals surface area contributed by atoms with Crippen LogP contribution < -0.4 is 0 Å². The van der Waals surface area contributed by atoms with Gasteiger partial charge in [0.15, 0.2) is 5.78 Å². The Morgan fingerprint density at radius 1 is 1.45 bits per heavy atom. The maximum absolute atomic E-state index is 13.0. The minimum atomic E-state index is -0.585. The number of carbonyl (C=O) groups excluding carboxylic acids is 2. The van der Waals surface area contributed by atoms with Crippen molar-refractivity contribution in [2.75, 3.05) is 6.54 Å². The highest BCUT2D eigenvalue weighted by Gasteiger charge is 2.36. The van der Waals surface area contributed by atoms with E-state index >= 15 is 0 Å². The van der Waals surface area contributed by atoms with Gasteiger partial charge in [0.1, 0.15) is 11.4 Å². The van der Waals surface area contributed by atoms with Gasteiger partial charge in [-0.1, -0.05) is 6.08 Å². The number of hydrogen-bond donors (Lipinski definition) is 0. The van der Waals surface area contributed by atoms with Crippen molar-refractivity contribution in [3.8, 4) is 0 Å². The van der Waals surface area contributed by atoms with Gasteiger partial charge in [-0.3, -0.25) is 9.69 Å². The molecule has 0 bridgehead atoms. The highest BCUT2D eigenvalue weighted by molar-refractivity contribution is 5.88. The average Bonchev–Trinajstić information content (AvgIpc) is 2.41. The molecule has 0 aromatic heterocycles. The molecule has 1 aliphatic carbocycles. The zero-order valence-electron chi connectivity index (χ0n) is 13.5. The van der Waals surface area contributed by atoms with Crippen LogP contribution in [0.4, 0.5) is 9.18 Å². The van der Waals surface area contributed by atoms with Crippen LogP contribution in [0, 0.1) is 5.92 Å². The fourth-order valence-electron chi connectivity index (χ4n) is 2.82. The van der Waals surface area contributed by atoms with E-state index in [0.29, 0.717) is 32.2 Å². The van der Waals surface area contributed by atoms with E-state index in [1.54, 1.807) is 11.0 Å². The smallest absolute Gasteiger partial charge is 0.410 e. The number of rotatable bonds is 2. The maximum Gasteiger partial charge on any atom is 0.410 e. The van der Waals surface area contributed by atoms with Gasteiger partial charge in [0.2, 0.25) is 0 Å². The van der Waals surface area contributed by atoms with Gasteiger partial charge < -0.3 is 4.74 Å². The van der Waals surface area contributed by atoms with Crippen LogP contribution in [-0.2, 0) is 9.53 Å². The highest BCUT2D eigenvalue weighted by Crippen LogP contribution is 2.27. The molecule has 5 heteroatoms. The van der Waals surface area contributed by atoms with E-state index in [0.717, 1.165) is 0 Å². The summed E-state index contributed by atoms with van der Waals surface area (Å²) in [5, 5.41) is 0. The minimum absolute atomic E-state index is 0.0699. The second-order valence-electron chi connectivity index (χ2n) is 6.94. The lowest BCUT2D eigenvalue weighted by molar-refractivity contribution is -0.127. The molecule has 0 spiro atoms. The van der Waals surface area contributed by atoms with Crippen LogP contribution >= 0.6 is 0 Å². The number of hydrogen-bond acceptors (Lipinski definition) is 3. The quantitative estimate of drug-likeness (QED) is 0.780. The topological polar surface area (TPSA) is 46.6 Å². The third kappa shape index (κ3) is 4.42. The van der Waals surface area contributed by atoms with E-state index in [4.69, 9.17) is 4.74 Å². The fraction of sp³-hybridized carbons (Fsp3) is 0.647. The van der Waals surface area contributed by atoms with Crippen LogP contribution in [-0.4, -0.2) is 35.0 Å². The molecule has 0 radical (unpaired) electrons. The van der Waals surface area contributed by atoms with Gasteiger partial charge in [-0.15, -0.1) is 0 Å². The Morgan fingerprint density at radius 2 is 2.18 bits per heavy atom. The third-order valence-electron chi connectivity index (χ3n) is 3.87. The molecule has 22 heavy (non-hydrogen) atoms. The third-order valence-corrected chi connectivity index (χ3v) is 3.87. The van der Waals surface area contributed by atoms with Crippen molar-refractivity contribution in [3.05, 3.63) is 24.1 Å². The molecule has 1 amide bonds. The van der Waals surface area contributed by atoms with Crippen LogP contribution in [0.5, 0.6) is 0 Å². The van der Waals surface area contributed by atoms with Crippen LogP contribution in [0.3, 0.4) is 0 Å². The van der Waals surface area contributed by atoms with Gasteiger partial charge in [-0.25, -0.2) is 9.18 Å². The van der Waals surface area contributed by atoms with Crippen molar-refractivity contribution >= 4 is 11.9 Å². The molecule has 4 nitrogen and oxygen atoms in total. The zero-order chi connectivity index (χ0) is 16.3. The molecule has 1 unspecified atom stereocenters. The van der Waals surface area contributed by atoms with Crippen molar-refractivity contribution in [2.24, 2.45) is 5.92 Å². The first-order valence-corrected chi connectivity index (χ1v) is 7.82. The summed E-state index contributed by atoms with van der Waals surface area (Å²) < 4.78 is 18.4. The largest absolute Gasteiger partial charge is 0.444 e. The number of halogens is 1. The molecule has 1 heterocycles. The molecule has 1 aliphatic heterocycles. The second kappa shape index (κ2) is 6.63. The van der Waals surface area contributed by atoms with Crippen LogP contribution in [0.15, 0.2) is 24.1 Å². The summed E-state index contributed by atoms with van der Waals surface area (Å²) in [7, 11) is 0. The van der Waals surface area contributed by atoms with Gasteiger partial charge in [-0.2, -0.15) is 0 Å². The van der Waals surface area contributed by atoms with E-state index in [1.165, 1.54) is 12.2 Å². The molecular weight excluding hydrogens is 285 g/mol. The summed E-state index contributed by atoms with van der Waals surface area (Å²) in [6.45, 7) is 5.96. The molecule has 0 N–H and O–H groups in total. The number of ketones is 1. The number of carbonyl (C=O) groups is 2. The van der Waals surface area contributed by atoms with Gasteiger partial charge in [-0.05, 0) is 58.1 Å². The summed E-state index contributed by atoms with van der Waals surface area (Å²) in [5.74, 6) is -0.0905. The van der Waals surface area contributed by atoms with Crippen LogP contribution in [0.1, 0.15) is 46.5 Å². The first-order valence-electron chi connectivity index (χ1n) is 7.82. The maximum atomic E-state index is 13.0. The van der Waals surface area contributed by atoms with Gasteiger partial charge in [0.05, 0.1) is 6.04 Å². The first kappa shape index (κ1) is 16.7. The predicted molar refractivity (Wildman–Crippen MR) is 82.0 cm³/mol. The summed E-state index contributed by atoms with van der Waals surface area (Å²) >= 11 is 0. The van der Waals surface area contributed by atoms with Crippen molar-refractivity contribution in [1.82, 2.24) is 4.90 Å². The zero-order valence-corrected chi connectivity index (χ0v) is 13.5. The van der Waals surface area contributed by atoms with E-state index in [9.17, 15) is 14.0 Å². The lowest BCUT2D eigenvalue weighted by Crippen LogP contribution is -2.51. The molecular formula is C17H24FNO3. The molecule has 0 saturated carbocycles. The summed E-state index contributed by atoms with van der Waals surface area (Å²) in [6, 6.07) is -0.465. The normalized spacial score (nSPS) is 25.9. The molecule has 122 valence electrons. The minimum Gasteiger partial charge on any atom is -0.444 e. The lowest BCUT2D eigenvalue weighted by Gasteiger charge is -2.37. The molecule has 2 atom stereocenters. The Bertz CT molecular complexity index is 505. The summed E-state index contributed by atoms with van der Waals surface area (Å²) in [6.07, 6.45) is 6.55. The van der Waals surface area contributed by atoms with Gasteiger partial charge in [0, 0.05) is 13.0 Å². The number of amides is 1. The molecule has 2 rings (SSSR count). The van der Waals surface area contributed by atoms with Crippen molar-refractivity contribution < 1.29 is 18.7 Å². The van der Waals surface area contributed by atoms with E-state index in [-0.39, 0.29) is 17.5 Å². The van der Waals surface area contributed by atoms with Gasteiger partial charge >= 0.3 is 6.09 Å². The van der Waals surface area contributed by atoms with Crippen molar-refractivity contribution in [3.63, 3.8) is 0 Å². The van der Waals surface area contributed by atoms with E-state index < -0.39 is 17.7 Å². The Morgan fingerprint density at radius 3 is 2.77 bits per heavy atom. The highest BCUT2D eigenvalue weighted by atomic mass is 19.1. The van der Waals surface area contributed by atoms with Crippen LogP contribution in [0.25, 0.3) is 0 Å².